The van der Waals surface area contributed by atoms with Gasteiger partial charge in [-0.05, 0) is 37.0 Å². The second kappa shape index (κ2) is 5.11. The highest BCUT2D eigenvalue weighted by molar-refractivity contribution is 5.77. The van der Waals surface area contributed by atoms with Crippen molar-refractivity contribution in [1.82, 2.24) is 0 Å². The maximum absolute atomic E-state index is 12.1. The molecule has 1 aromatic carbocycles. The van der Waals surface area contributed by atoms with Gasteiger partial charge in [0.25, 0.3) is 0 Å². The Morgan fingerprint density at radius 3 is 2.79 bits per heavy atom. The van der Waals surface area contributed by atoms with Gasteiger partial charge in [-0.15, -0.1) is 13.2 Å². The third-order valence-electron chi connectivity index (χ3n) is 2.90. The second-order valence-corrected chi connectivity index (χ2v) is 4.32. The molecule has 1 fully saturated rings. The predicted molar refractivity (Wildman–Crippen MR) is 60.6 cm³/mol. The Morgan fingerprint density at radius 2 is 2.16 bits per heavy atom. The molecule has 0 spiro atoms. The summed E-state index contributed by atoms with van der Waals surface area (Å²) in [5.41, 5.74) is 0.666. The fraction of sp³-hybridized carbons (Fsp3) is 0.462. The molecule has 2 unspecified atom stereocenters. The van der Waals surface area contributed by atoms with E-state index in [9.17, 15) is 18.0 Å². The molecule has 1 saturated carbocycles. The number of rotatable bonds is 4. The van der Waals surface area contributed by atoms with Crippen LogP contribution in [0.25, 0.3) is 0 Å². The van der Waals surface area contributed by atoms with Crippen molar-refractivity contribution in [3.63, 3.8) is 0 Å². The molecule has 104 valence electrons. The molecule has 2 atom stereocenters. The molecule has 0 aromatic heterocycles. The summed E-state index contributed by atoms with van der Waals surface area (Å²) in [7, 11) is 0. The van der Waals surface area contributed by atoms with Crippen LogP contribution in [0.3, 0.4) is 0 Å². The van der Waals surface area contributed by atoms with Gasteiger partial charge < -0.3 is 9.47 Å². The Bertz CT molecular complexity index is 470. The number of hydrogen-bond donors (Lipinski definition) is 0. The summed E-state index contributed by atoms with van der Waals surface area (Å²) in [6, 6.07) is 5.72. The van der Waals surface area contributed by atoms with E-state index in [1.807, 2.05) is 0 Å². The van der Waals surface area contributed by atoms with Crippen LogP contribution < -0.4 is 4.74 Å². The van der Waals surface area contributed by atoms with Crippen molar-refractivity contribution >= 4 is 5.97 Å². The van der Waals surface area contributed by atoms with Crippen LogP contribution in [0.5, 0.6) is 5.75 Å². The van der Waals surface area contributed by atoms with E-state index in [0.29, 0.717) is 18.6 Å². The molecule has 19 heavy (non-hydrogen) atoms. The van der Waals surface area contributed by atoms with Crippen molar-refractivity contribution in [2.24, 2.45) is 5.92 Å². The van der Waals surface area contributed by atoms with Gasteiger partial charge in [0.15, 0.2) is 0 Å². The number of hydrogen-bond acceptors (Lipinski definition) is 3. The molecule has 2 rings (SSSR count). The van der Waals surface area contributed by atoms with E-state index in [2.05, 4.69) is 4.74 Å². The summed E-state index contributed by atoms with van der Waals surface area (Å²) < 4.78 is 45.0. The topological polar surface area (TPSA) is 35.5 Å². The summed E-state index contributed by atoms with van der Waals surface area (Å²) >= 11 is 0. The van der Waals surface area contributed by atoms with Crippen molar-refractivity contribution < 1.29 is 27.4 Å². The highest BCUT2D eigenvalue weighted by Gasteiger charge is 2.45. The number of benzene rings is 1. The minimum Gasteiger partial charge on any atom is -0.466 e. The van der Waals surface area contributed by atoms with Gasteiger partial charge in [-0.1, -0.05) is 12.1 Å². The number of carbonyl (C=O) groups excluding carboxylic acids is 1. The van der Waals surface area contributed by atoms with Gasteiger partial charge in [0.05, 0.1) is 12.5 Å². The lowest BCUT2D eigenvalue weighted by Gasteiger charge is -2.09. The van der Waals surface area contributed by atoms with Crippen molar-refractivity contribution in [2.45, 2.75) is 25.6 Å². The van der Waals surface area contributed by atoms with E-state index in [1.165, 1.54) is 18.2 Å². The third-order valence-corrected chi connectivity index (χ3v) is 2.90. The molecule has 0 amide bonds. The molecule has 0 aliphatic heterocycles. The van der Waals surface area contributed by atoms with Crippen molar-refractivity contribution in [3.8, 4) is 5.75 Å². The molecule has 6 heteroatoms. The Labute approximate surface area is 108 Å². The number of carbonyl (C=O) groups is 1. The van der Waals surface area contributed by atoms with Crippen LogP contribution in [0, 0.1) is 5.92 Å². The molecule has 0 saturated heterocycles. The average Bonchev–Trinajstić information content (AvgIpc) is 3.07. The van der Waals surface area contributed by atoms with Crippen molar-refractivity contribution in [2.75, 3.05) is 6.61 Å². The zero-order valence-electron chi connectivity index (χ0n) is 10.2. The van der Waals surface area contributed by atoms with Gasteiger partial charge >= 0.3 is 12.3 Å². The van der Waals surface area contributed by atoms with E-state index in [4.69, 9.17) is 4.74 Å². The molecular weight excluding hydrogens is 261 g/mol. The van der Waals surface area contributed by atoms with Gasteiger partial charge in [-0.25, -0.2) is 0 Å². The molecule has 1 aliphatic rings. The van der Waals surface area contributed by atoms with Gasteiger partial charge in [-0.2, -0.15) is 0 Å². The summed E-state index contributed by atoms with van der Waals surface area (Å²) in [6.45, 7) is 2.02. The Kier molecular flexibility index (Phi) is 3.68. The van der Waals surface area contributed by atoms with E-state index in [0.717, 1.165) is 0 Å². The molecule has 0 bridgehead atoms. The first-order chi connectivity index (χ1) is 8.90. The van der Waals surface area contributed by atoms with Crippen LogP contribution in [-0.4, -0.2) is 18.9 Å². The predicted octanol–water partition coefficient (Wildman–Crippen LogP) is 3.25. The first kappa shape index (κ1) is 13.7. The van der Waals surface area contributed by atoms with E-state index in [1.54, 1.807) is 13.0 Å². The fourth-order valence-electron chi connectivity index (χ4n) is 2.02. The van der Waals surface area contributed by atoms with Gasteiger partial charge in [0.1, 0.15) is 5.75 Å². The lowest BCUT2D eigenvalue weighted by molar-refractivity contribution is -0.274. The first-order valence-corrected chi connectivity index (χ1v) is 5.93. The molecule has 1 aromatic rings. The zero-order chi connectivity index (χ0) is 14.0. The third kappa shape index (κ3) is 3.62. The highest BCUT2D eigenvalue weighted by Crippen LogP contribution is 2.48. The summed E-state index contributed by atoms with van der Waals surface area (Å²) in [5.74, 6) is -0.883. The standard InChI is InChI=1S/C13H13F3O3/c1-2-18-12(17)11-7-10(11)8-4-3-5-9(6-8)19-13(14,15)16/h3-6,10-11H,2,7H2,1H3. The SMILES string of the molecule is CCOC(=O)C1CC1c1cccc(OC(F)(F)F)c1. The maximum Gasteiger partial charge on any atom is 0.573 e. The largest absolute Gasteiger partial charge is 0.573 e. The fourth-order valence-corrected chi connectivity index (χ4v) is 2.02. The lowest BCUT2D eigenvalue weighted by Crippen LogP contribution is -2.17. The van der Waals surface area contributed by atoms with Crippen LogP contribution in [-0.2, 0) is 9.53 Å². The highest BCUT2D eigenvalue weighted by atomic mass is 19.4. The van der Waals surface area contributed by atoms with Crippen molar-refractivity contribution in [3.05, 3.63) is 29.8 Å². The maximum atomic E-state index is 12.1. The van der Waals surface area contributed by atoms with Gasteiger partial charge in [0.2, 0.25) is 0 Å². The molecule has 3 nitrogen and oxygen atoms in total. The van der Waals surface area contributed by atoms with Crippen molar-refractivity contribution in [1.29, 1.82) is 0 Å². The minimum atomic E-state index is -4.71. The molecule has 0 radical (unpaired) electrons. The normalized spacial score (nSPS) is 21.9. The van der Waals surface area contributed by atoms with E-state index < -0.39 is 6.36 Å². The van der Waals surface area contributed by atoms with Crippen LogP contribution in [0.1, 0.15) is 24.8 Å². The van der Waals surface area contributed by atoms with Crippen LogP contribution in [0.2, 0.25) is 0 Å². The lowest BCUT2D eigenvalue weighted by atomic mass is 10.1. The number of ether oxygens (including phenoxy) is 2. The average molecular weight is 274 g/mol. The summed E-state index contributed by atoms with van der Waals surface area (Å²) in [4.78, 5) is 11.5. The van der Waals surface area contributed by atoms with Gasteiger partial charge in [-0.3, -0.25) is 4.79 Å². The molecular formula is C13H13F3O3. The number of alkyl halides is 3. The molecule has 0 heterocycles. The first-order valence-electron chi connectivity index (χ1n) is 5.93. The smallest absolute Gasteiger partial charge is 0.466 e. The molecule has 1 aliphatic carbocycles. The monoisotopic (exact) mass is 274 g/mol. The summed E-state index contributed by atoms with van der Waals surface area (Å²) in [5, 5.41) is 0. The quantitative estimate of drug-likeness (QED) is 0.791. The second-order valence-electron chi connectivity index (χ2n) is 4.32. The van der Waals surface area contributed by atoms with Crippen LogP contribution in [0.4, 0.5) is 13.2 Å². The van der Waals surface area contributed by atoms with Crippen LogP contribution in [0.15, 0.2) is 24.3 Å². The van der Waals surface area contributed by atoms with E-state index in [-0.39, 0.29) is 23.6 Å². The summed E-state index contributed by atoms with van der Waals surface area (Å²) in [6.07, 6.45) is -4.10. The molecule has 0 N–H and O–H groups in total. The Morgan fingerprint density at radius 1 is 1.42 bits per heavy atom. The zero-order valence-corrected chi connectivity index (χ0v) is 10.2. The van der Waals surface area contributed by atoms with Gasteiger partial charge in [0, 0.05) is 0 Å². The number of esters is 1. The Hall–Kier alpha value is -1.72. The van der Waals surface area contributed by atoms with Crippen LogP contribution >= 0.6 is 0 Å². The Balaban J connectivity index is 2.03. The van der Waals surface area contributed by atoms with E-state index >= 15 is 0 Å². The minimum absolute atomic E-state index is 0.0733. The number of halogens is 3.